The smallest absolute Gasteiger partial charge is 0.230 e. The third-order valence-electron chi connectivity index (χ3n) is 6.44. The van der Waals surface area contributed by atoms with Crippen molar-refractivity contribution in [2.75, 3.05) is 0 Å². The molecule has 2 aromatic carbocycles. The lowest BCUT2D eigenvalue weighted by atomic mass is 9.73. The van der Waals surface area contributed by atoms with Gasteiger partial charge in [0.1, 0.15) is 5.82 Å². The number of hydrogen-bond acceptors (Lipinski definition) is 4. The van der Waals surface area contributed by atoms with Gasteiger partial charge in [-0.3, -0.25) is 0 Å². The Kier molecular flexibility index (Phi) is 4.71. The summed E-state index contributed by atoms with van der Waals surface area (Å²) in [6.07, 6.45) is 5.26. The van der Waals surface area contributed by atoms with Crippen molar-refractivity contribution in [3.8, 4) is 0 Å². The topological polar surface area (TPSA) is 36.9 Å². The molecule has 0 amide bonds. The Bertz CT molecular complexity index is 807. The van der Waals surface area contributed by atoms with Crippen molar-refractivity contribution in [3.63, 3.8) is 0 Å². The molecule has 4 fully saturated rings. The first kappa shape index (κ1) is 18.3. The van der Waals surface area contributed by atoms with E-state index in [1.54, 1.807) is 12.1 Å². The van der Waals surface area contributed by atoms with Gasteiger partial charge in [-0.2, -0.15) is 4.89 Å². The summed E-state index contributed by atoms with van der Waals surface area (Å²) in [5.41, 5.74) is 1.27. The van der Waals surface area contributed by atoms with Crippen LogP contribution in [0, 0.1) is 11.7 Å². The Hall–Kier alpha value is -1.79. The van der Waals surface area contributed by atoms with Gasteiger partial charge in [-0.1, -0.05) is 55.3 Å². The van der Waals surface area contributed by atoms with Crippen molar-refractivity contribution in [1.82, 2.24) is 0 Å². The summed E-state index contributed by atoms with van der Waals surface area (Å²) < 4.78 is 26.3. The van der Waals surface area contributed by atoms with E-state index in [1.165, 1.54) is 18.6 Å². The van der Waals surface area contributed by atoms with Gasteiger partial charge in [0.2, 0.25) is 5.79 Å². The molecule has 2 bridgehead atoms. The second kappa shape index (κ2) is 7.23. The monoisotopic (exact) mass is 384 g/mol. The van der Waals surface area contributed by atoms with E-state index < -0.39 is 17.7 Å². The molecule has 3 heterocycles. The summed E-state index contributed by atoms with van der Waals surface area (Å²) in [6.45, 7) is 0.447. The summed E-state index contributed by atoms with van der Waals surface area (Å²) in [4.78, 5) is 12.1. The number of fused-ring (bicyclic) bond motifs is 3. The Labute approximate surface area is 164 Å². The minimum absolute atomic E-state index is 0.285. The van der Waals surface area contributed by atoms with Crippen LogP contribution in [-0.4, -0.2) is 11.9 Å². The van der Waals surface area contributed by atoms with Crippen LogP contribution < -0.4 is 0 Å². The molecule has 28 heavy (non-hydrogen) atoms. The summed E-state index contributed by atoms with van der Waals surface area (Å²) in [6, 6.07) is 16.3. The zero-order chi connectivity index (χ0) is 19.0. The van der Waals surface area contributed by atoms with E-state index in [1.807, 2.05) is 30.3 Å². The maximum atomic E-state index is 13.5. The molecule has 0 aromatic heterocycles. The largest absolute Gasteiger partial charge is 0.345 e. The van der Waals surface area contributed by atoms with Gasteiger partial charge in [-0.05, 0) is 42.9 Å². The highest BCUT2D eigenvalue weighted by atomic mass is 19.1. The fourth-order valence-corrected chi connectivity index (χ4v) is 4.88. The second-order valence-corrected chi connectivity index (χ2v) is 8.11. The van der Waals surface area contributed by atoms with Gasteiger partial charge in [0.25, 0.3) is 0 Å². The lowest BCUT2D eigenvalue weighted by Gasteiger charge is -2.50. The summed E-state index contributed by atoms with van der Waals surface area (Å²) in [5.74, 6) is -1.02. The van der Waals surface area contributed by atoms with Gasteiger partial charge in [0.05, 0.1) is 6.61 Å². The van der Waals surface area contributed by atoms with Crippen molar-refractivity contribution < 1.29 is 23.6 Å². The molecule has 4 aliphatic rings. The lowest BCUT2D eigenvalue weighted by Crippen LogP contribution is -2.59. The third-order valence-corrected chi connectivity index (χ3v) is 6.44. The van der Waals surface area contributed by atoms with Crippen LogP contribution >= 0.6 is 0 Å². The van der Waals surface area contributed by atoms with E-state index in [-0.39, 0.29) is 5.82 Å². The molecule has 1 saturated carbocycles. The first-order valence-electron chi connectivity index (χ1n) is 10.2. The number of benzene rings is 2. The molecule has 3 aliphatic heterocycles. The van der Waals surface area contributed by atoms with Crippen LogP contribution in [0.3, 0.4) is 0 Å². The maximum absolute atomic E-state index is 13.5. The lowest BCUT2D eigenvalue weighted by molar-refractivity contribution is -0.561. The van der Waals surface area contributed by atoms with Crippen molar-refractivity contribution in [2.45, 2.75) is 62.8 Å². The molecule has 1 aliphatic carbocycles. The molecular formula is C23H25FO4. The molecule has 0 radical (unpaired) electrons. The number of ether oxygens (including phenoxy) is 2. The van der Waals surface area contributed by atoms with Gasteiger partial charge >= 0.3 is 0 Å². The highest BCUT2D eigenvalue weighted by molar-refractivity contribution is 5.23. The van der Waals surface area contributed by atoms with Gasteiger partial charge in [-0.25, -0.2) is 9.28 Å². The van der Waals surface area contributed by atoms with Gasteiger partial charge in [0, 0.05) is 12.0 Å². The fourth-order valence-electron chi connectivity index (χ4n) is 4.88. The zero-order valence-corrected chi connectivity index (χ0v) is 15.8. The summed E-state index contributed by atoms with van der Waals surface area (Å²) in [5, 5.41) is 0. The summed E-state index contributed by atoms with van der Waals surface area (Å²) >= 11 is 0. The van der Waals surface area contributed by atoms with Crippen LogP contribution in [0.4, 0.5) is 4.39 Å². The Morgan fingerprint density at radius 3 is 2.57 bits per heavy atom. The number of hydrogen-bond donors (Lipinski definition) is 0. The molecule has 0 N–H and O–H groups in total. The molecular weight excluding hydrogens is 359 g/mol. The van der Waals surface area contributed by atoms with E-state index in [0.29, 0.717) is 18.9 Å². The minimum atomic E-state index is -1.06. The molecule has 0 unspecified atom stereocenters. The minimum Gasteiger partial charge on any atom is -0.345 e. The molecule has 148 valence electrons. The predicted molar refractivity (Wildman–Crippen MR) is 100 cm³/mol. The normalized spacial score (nSPS) is 34.6. The van der Waals surface area contributed by atoms with Crippen LogP contribution in [0.2, 0.25) is 0 Å². The predicted octanol–water partition coefficient (Wildman–Crippen LogP) is 5.22. The average Bonchev–Trinajstić information content (AvgIpc) is 3.00. The van der Waals surface area contributed by atoms with E-state index in [4.69, 9.17) is 19.2 Å². The first-order valence-corrected chi connectivity index (χ1v) is 10.2. The van der Waals surface area contributed by atoms with E-state index in [0.717, 1.165) is 36.8 Å². The molecule has 5 heteroatoms. The third kappa shape index (κ3) is 3.07. The highest BCUT2D eigenvalue weighted by Crippen LogP contribution is 2.55. The molecule has 4 atom stereocenters. The molecule has 1 spiro atoms. The van der Waals surface area contributed by atoms with E-state index in [2.05, 4.69) is 0 Å². The zero-order valence-electron chi connectivity index (χ0n) is 15.8. The summed E-state index contributed by atoms with van der Waals surface area (Å²) in [7, 11) is 0. The molecule has 4 nitrogen and oxygen atoms in total. The van der Waals surface area contributed by atoms with Crippen molar-refractivity contribution >= 4 is 0 Å². The molecule has 2 aromatic rings. The SMILES string of the molecule is Fc1ccc([C@]23CC[C@H]4CCCC[C@@]4(OO2)[C@@H](OCc2ccccc2)O3)cc1. The van der Waals surface area contributed by atoms with Crippen LogP contribution in [0.25, 0.3) is 0 Å². The molecule has 6 rings (SSSR count). The van der Waals surface area contributed by atoms with Crippen LogP contribution in [0.1, 0.15) is 49.7 Å². The quantitative estimate of drug-likeness (QED) is 0.677. The Morgan fingerprint density at radius 2 is 1.75 bits per heavy atom. The van der Waals surface area contributed by atoms with Crippen molar-refractivity contribution in [3.05, 3.63) is 71.5 Å². The van der Waals surface area contributed by atoms with Crippen LogP contribution in [-0.2, 0) is 31.6 Å². The number of halogens is 1. The van der Waals surface area contributed by atoms with E-state index in [9.17, 15) is 4.39 Å². The van der Waals surface area contributed by atoms with E-state index >= 15 is 0 Å². The number of rotatable bonds is 4. The second-order valence-electron chi connectivity index (χ2n) is 8.11. The van der Waals surface area contributed by atoms with Crippen LogP contribution in [0.15, 0.2) is 54.6 Å². The van der Waals surface area contributed by atoms with Gasteiger partial charge in [0.15, 0.2) is 11.9 Å². The molecule has 3 saturated heterocycles. The standard InChI is InChI=1S/C23H25FO4/c24-20-11-9-19(10-12-20)23-15-13-18-8-4-5-14-22(18,27-28-23)21(26-23)25-16-17-6-2-1-3-7-17/h1-3,6-7,9-12,18,21H,4-5,8,13-16H2/t18-,21+,22+,23+/m1/s1. The van der Waals surface area contributed by atoms with Gasteiger partial charge < -0.3 is 9.47 Å². The van der Waals surface area contributed by atoms with Crippen molar-refractivity contribution in [2.24, 2.45) is 5.92 Å². The maximum Gasteiger partial charge on any atom is 0.230 e. The Balaban J connectivity index is 1.47. The fraction of sp³-hybridized carbons (Fsp3) is 0.478. The van der Waals surface area contributed by atoms with Gasteiger partial charge in [-0.15, -0.1) is 0 Å². The average molecular weight is 384 g/mol. The Morgan fingerprint density at radius 1 is 0.929 bits per heavy atom. The van der Waals surface area contributed by atoms with Crippen LogP contribution in [0.5, 0.6) is 0 Å². The highest BCUT2D eigenvalue weighted by Gasteiger charge is 2.62. The van der Waals surface area contributed by atoms with Crippen molar-refractivity contribution in [1.29, 1.82) is 0 Å². The first-order chi connectivity index (χ1) is 13.7.